The maximum absolute atomic E-state index is 5.55. The van der Waals surface area contributed by atoms with Gasteiger partial charge in [-0.15, -0.1) is 24.0 Å². The summed E-state index contributed by atoms with van der Waals surface area (Å²) in [4.78, 5) is 0. The van der Waals surface area contributed by atoms with Gasteiger partial charge in [0, 0.05) is 0 Å². The Bertz CT molecular complexity index is 406. The van der Waals surface area contributed by atoms with E-state index in [1.165, 1.54) is 16.3 Å². The summed E-state index contributed by atoms with van der Waals surface area (Å²) in [5.41, 5.74) is 6.90. The van der Waals surface area contributed by atoms with Gasteiger partial charge in [0.1, 0.15) is 0 Å². The van der Waals surface area contributed by atoms with Gasteiger partial charge in [0.25, 0.3) is 0 Å². The molecule has 0 amide bonds. The summed E-state index contributed by atoms with van der Waals surface area (Å²) in [5, 5.41) is 2.63. The Morgan fingerprint density at radius 2 is 1.64 bits per heavy atom. The summed E-state index contributed by atoms with van der Waals surface area (Å²) >= 11 is 0. The lowest BCUT2D eigenvalue weighted by molar-refractivity contribution is 0.977. The Hall–Kier alpha value is -0.610. The van der Waals surface area contributed by atoms with Crippen LogP contribution in [-0.2, 0) is 6.42 Å². The number of rotatable bonds is 2. The minimum absolute atomic E-state index is 0. The molecular weight excluding hydrogens is 285 g/mol. The van der Waals surface area contributed by atoms with E-state index < -0.39 is 0 Å². The monoisotopic (exact) mass is 299 g/mol. The molecule has 0 heterocycles. The van der Waals surface area contributed by atoms with Crippen LogP contribution in [0.3, 0.4) is 0 Å². The van der Waals surface area contributed by atoms with Crippen LogP contribution >= 0.6 is 24.0 Å². The summed E-state index contributed by atoms with van der Waals surface area (Å²) in [6, 6.07) is 14.8. The quantitative estimate of drug-likeness (QED) is 0.848. The third-order valence-electron chi connectivity index (χ3n) is 2.29. The number of fused-ring (bicyclic) bond motifs is 1. The van der Waals surface area contributed by atoms with Crippen molar-refractivity contribution in [1.82, 2.24) is 0 Å². The van der Waals surface area contributed by atoms with Crippen LogP contribution in [0.15, 0.2) is 42.5 Å². The molecule has 14 heavy (non-hydrogen) atoms. The Labute approximate surface area is 101 Å². The van der Waals surface area contributed by atoms with Crippen molar-refractivity contribution in [2.75, 3.05) is 6.54 Å². The lowest BCUT2D eigenvalue weighted by Gasteiger charge is -2.03. The molecule has 2 rings (SSSR count). The molecule has 2 N–H and O–H groups in total. The van der Waals surface area contributed by atoms with Gasteiger partial charge in [-0.25, -0.2) is 0 Å². The third-order valence-corrected chi connectivity index (χ3v) is 2.29. The average molecular weight is 299 g/mol. The van der Waals surface area contributed by atoms with Crippen molar-refractivity contribution in [1.29, 1.82) is 0 Å². The molecule has 0 aliphatic carbocycles. The zero-order valence-corrected chi connectivity index (χ0v) is 10.3. The van der Waals surface area contributed by atoms with Gasteiger partial charge in [-0.3, -0.25) is 0 Å². The van der Waals surface area contributed by atoms with Crippen molar-refractivity contribution in [3.63, 3.8) is 0 Å². The van der Waals surface area contributed by atoms with E-state index in [4.69, 9.17) is 5.73 Å². The fourth-order valence-corrected chi connectivity index (χ4v) is 1.67. The molecule has 0 bridgehead atoms. The van der Waals surface area contributed by atoms with E-state index in [0.29, 0.717) is 6.54 Å². The lowest BCUT2D eigenvalue weighted by atomic mass is 10.0. The first-order valence-corrected chi connectivity index (χ1v) is 4.58. The van der Waals surface area contributed by atoms with E-state index in [1.54, 1.807) is 0 Å². The molecule has 2 aromatic carbocycles. The van der Waals surface area contributed by atoms with Crippen molar-refractivity contribution >= 4 is 34.7 Å². The number of nitrogens with two attached hydrogens (primary N) is 1. The predicted molar refractivity (Wildman–Crippen MR) is 72.1 cm³/mol. The van der Waals surface area contributed by atoms with Crippen LogP contribution < -0.4 is 5.73 Å². The van der Waals surface area contributed by atoms with Gasteiger partial charge in [0.2, 0.25) is 0 Å². The van der Waals surface area contributed by atoms with Crippen LogP contribution in [0.1, 0.15) is 5.56 Å². The maximum Gasteiger partial charge on any atom is -0.00365 e. The van der Waals surface area contributed by atoms with Crippen LogP contribution in [0.2, 0.25) is 0 Å². The highest BCUT2D eigenvalue weighted by Gasteiger charge is 1.97. The first-order chi connectivity index (χ1) is 6.42. The second kappa shape index (κ2) is 5.32. The smallest absolute Gasteiger partial charge is 0.00365 e. The zero-order valence-electron chi connectivity index (χ0n) is 7.94. The molecule has 2 heteroatoms. The van der Waals surface area contributed by atoms with Crippen molar-refractivity contribution < 1.29 is 0 Å². The topological polar surface area (TPSA) is 26.0 Å². The highest BCUT2D eigenvalue weighted by molar-refractivity contribution is 14.0. The number of halogens is 1. The van der Waals surface area contributed by atoms with E-state index in [-0.39, 0.29) is 24.0 Å². The molecule has 0 unspecified atom stereocenters. The molecule has 0 radical (unpaired) electrons. The Kier molecular flexibility index (Phi) is 4.35. The molecule has 2 aromatic rings. The summed E-state index contributed by atoms with van der Waals surface area (Å²) < 4.78 is 0. The largest absolute Gasteiger partial charge is 0.330 e. The van der Waals surface area contributed by atoms with Gasteiger partial charge in [0.15, 0.2) is 0 Å². The Morgan fingerprint density at radius 3 is 2.43 bits per heavy atom. The number of hydrogen-bond donors (Lipinski definition) is 1. The average Bonchev–Trinajstić information content (AvgIpc) is 2.19. The van der Waals surface area contributed by atoms with Gasteiger partial charge in [-0.05, 0) is 29.3 Å². The van der Waals surface area contributed by atoms with Crippen molar-refractivity contribution in [2.24, 2.45) is 5.73 Å². The predicted octanol–water partition coefficient (Wildman–Crippen LogP) is 2.96. The molecule has 0 aliphatic rings. The molecule has 1 nitrogen and oxygen atoms in total. The van der Waals surface area contributed by atoms with Gasteiger partial charge in [-0.2, -0.15) is 0 Å². The molecule has 74 valence electrons. The molecule has 0 aliphatic heterocycles. The Balaban J connectivity index is 0.000000980. The maximum atomic E-state index is 5.55. The summed E-state index contributed by atoms with van der Waals surface area (Å²) in [6.07, 6.45) is 0.960. The normalized spacial score (nSPS) is 9.79. The van der Waals surface area contributed by atoms with Gasteiger partial charge in [0.05, 0.1) is 0 Å². The van der Waals surface area contributed by atoms with E-state index in [9.17, 15) is 0 Å². The highest BCUT2D eigenvalue weighted by atomic mass is 127. The summed E-state index contributed by atoms with van der Waals surface area (Å²) in [7, 11) is 0. The fraction of sp³-hybridized carbons (Fsp3) is 0.167. The van der Waals surface area contributed by atoms with E-state index >= 15 is 0 Å². The van der Waals surface area contributed by atoms with Gasteiger partial charge in [-0.1, -0.05) is 42.5 Å². The van der Waals surface area contributed by atoms with Crippen LogP contribution in [0.4, 0.5) is 0 Å². The lowest BCUT2D eigenvalue weighted by Crippen LogP contribution is -2.02. The van der Waals surface area contributed by atoms with Crippen LogP contribution in [-0.4, -0.2) is 6.54 Å². The van der Waals surface area contributed by atoms with Crippen LogP contribution in [0.5, 0.6) is 0 Å². The SMILES string of the molecule is I.NCCc1cccc2ccccc12. The third kappa shape index (κ3) is 2.25. The second-order valence-corrected chi connectivity index (χ2v) is 3.18. The van der Waals surface area contributed by atoms with Crippen LogP contribution in [0.25, 0.3) is 10.8 Å². The van der Waals surface area contributed by atoms with Crippen LogP contribution in [0, 0.1) is 0 Å². The summed E-state index contributed by atoms with van der Waals surface area (Å²) in [6.45, 7) is 0.716. The molecule has 0 atom stereocenters. The zero-order chi connectivity index (χ0) is 9.10. The molecule has 0 fully saturated rings. The van der Waals surface area contributed by atoms with E-state index in [2.05, 4.69) is 42.5 Å². The first-order valence-electron chi connectivity index (χ1n) is 4.58. The molecule has 0 saturated carbocycles. The standard InChI is InChI=1S/C12H13N.HI/c13-9-8-11-6-3-5-10-4-1-2-7-12(10)11;/h1-7H,8-9,13H2;1H. The number of benzene rings is 2. The number of hydrogen-bond acceptors (Lipinski definition) is 1. The van der Waals surface area contributed by atoms with Gasteiger partial charge >= 0.3 is 0 Å². The first kappa shape index (κ1) is 11.5. The van der Waals surface area contributed by atoms with E-state index in [1.807, 2.05) is 0 Å². The molecule has 0 aromatic heterocycles. The van der Waals surface area contributed by atoms with Crippen molar-refractivity contribution in [2.45, 2.75) is 6.42 Å². The molecule has 0 saturated heterocycles. The van der Waals surface area contributed by atoms with Crippen molar-refractivity contribution in [3.05, 3.63) is 48.0 Å². The minimum Gasteiger partial charge on any atom is -0.330 e. The Morgan fingerprint density at radius 1 is 0.929 bits per heavy atom. The minimum atomic E-state index is 0. The highest BCUT2D eigenvalue weighted by Crippen LogP contribution is 2.18. The van der Waals surface area contributed by atoms with E-state index in [0.717, 1.165) is 6.42 Å². The summed E-state index contributed by atoms with van der Waals surface area (Å²) in [5.74, 6) is 0. The fourth-order valence-electron chi connectivity index (χ4n) is 1.67. The van der Waals surface area contributed by atoms with Crippen molar-refractivity contribution in [3.8, 4) is 0 Å². The molecule has 0 spiro atoms. The second-order valence-electron chi connectivity index (χ2n) is 3.18. The molecular formula is C12H14IN. The van der Waals surface area contributed by atoms with Gasteiger partial charge < -0.3 is 5.73 Å².